The van der Waals surface area contributed by atoms with Crippen LogP contribution in [0.3, 0.4) is 0 Å². The minimum absolute atomic E-state index is 0.338. The van der Waals surface area contributed by atoms with Gasteiger partial charge in [0.25, 0.3) is 0 Å². The van der Waals surface area contributed by atoms with Gasteiger partial charge in [0.2, 0.25) is 5.88 Å². The van der Waals surface area contributed by atoms with E-state index in [1.54, 1.807) is 17.0 Å². The Labute approximate surface area is 162 Å². The Morgan fingerprint density at radius 1 is 1.11 bits per heavy atom. The number of hydrogen-bond acceptors (Lipinski definition) is 5. The Morgan fingerprint density at radius 3 is 2.41 bits per heavy atom. The Bertz CT molecular complexity index is 1070. The molecule has 27 heavy (non-hydrogen) atoms. The number of aromatic nitrogens is 1. The van der Waals surface area contributed by atoms with Crippen LogP contribution >= 0.6 is 11.6 Å². The summed E-state index contributed by atoms with van der Waals surface area (Å²) in [4.78, 5) is 1.75. The molecule has 0 bridgehead atoms. The van der Waals surface area contributed by atoms with Crippen LogP contribution in [0.1, 0.15) is 28.3 Å². The fourth-order valence-corrected chi connectivity index (χ4v) is 3.57. The third-order valence-electron chi connectivity index (χ3n) is 4.80. The van der Waals surface area contributed by atoms with Crippen molar-refractivity contribution in [3.05, 3.63) is 87.3 Å². The van der Waals surface area contributed by atoms with E-state index in [0.29, 0.717) is 22.3 Å². The molecule has 1 aliphatic heterocycles. The molecule has 5 nitrogen and oxygen atoms in total. The van der Waals surface area contributed by atoms with Crippen molar-refractivity contribution in [2.24, 2.45) is 5.73 Å². The van der Waals surface area contributed by atoms with Crippen molar-refractivity contribution in [1.29, 1.82) is 5.26 Å². The Hall–Kier alpha value is -3.23. The lowest BCUT2D eigenvalue weighted by atomic mass is 9.82. The van der Waals surface area contributed by atoms with Crippen molar-refractivity contribution in [3.63, 3.8) is 0 Å². The Morgan fingerprint density at radius 2 is 1.78 bits per heavy atom. The van der Waals surface area contributed by atoms with Gasteiger partial charge in [-0.1, -0.05) is 46.6 Å². The van der Waals surface area contributed by atoms with E-state index in [2.05, 4.69) is 11.2 Å². The second-order valence-corrected chi connectivity index (χ2v) is 6.99. The van der Waals surface area contributed by atoms with E-state index < -0.39 is 0 Å². The first-order valence-corrected chi connectivity index (χ1v) is 8.87. The molecule has 2 N–H and O–H groups in total. The van der Waals surface area contributed by atoms with E-state index in [-0.39, 0.29) is 5.92 Å². The SMILES string of the molecule is Cc1ccc(N2C(N)=C(C#N)C(c3ccc(Cl)cc3)c3c(C)noc32)cc1. The minimum Gasteiger partial charge on any atom is -0.384 e. The molecule has 2 aromatic carbocycles. The van der Waals surface area contributed by atoms with Crippen LogP contribution in [0.4, 0.5) is 11.6 Å². The molecule has 2 heterocycles. The number of rotatable bonds is 2. The summed E-state index contributed by atoms with van der Waals surface area (Å²) in [5.74, 6) is 0.521. The van der Waals surface area contributed by atoms with Gasteiger partial charge < -0.3 is 10.3 Å². The zero-order valence-corrected chi connectivity index (χ0v) is 15.7. The third-order valence-corrected chi connectivity index (χ3v) is 5.05. The summed E-state index contributed by atoms with van der Waals surface area (Å²) < 4.78 is 5.65. The molecule has 134 valence electrons. The number of halogens is 1. The smallest absolute Gasteiger partial charge is 0.241 e. The van der Waals surface area contributed by atoms with E-state index in [0.717, 1.165) is 28.1 Å². The molecule has 0 saturated heterocycles. The first kappa shape index (κ1) is 17.2. The van der Waals surface area contributed by atoms with Crippen LogP contribution in [0.25, 0.3) is 0 Å². The van der Waals surface area contributed by atoms with E-state index in [1.807, 2.05) is 50.2 Å². The second-order valence-electron chi connectivity index (χ2n) is 6.55. The monoisotopic (exact) mass is 376 g/mol. The summed E-state index contributed by atoms with van der Waals surface area (Å²) in [6.07, 6.45) is 0. The maximum atomic E-state index is 9.92. The summed E-state index contributed by atoms with van der Waals surface area (Å²) >= 11 is 6.04. The molecule has 3 aromatic rings. The lowest BCUT2D eigenvalue weighted by Gasteiger charge is -2.32. The fraction of sp³-hybridized carbons (Fsp3) is 0.143. The third kappa shape index (κ3) is 2.75. The second kappa shape index (κ2) is 6.49. The Kier molecular flexibility index (Phi) is 4.14. The highest BCUT2D eigenvalue weighted by Crippen LogP contribution is 2.47. The van der Waals surface area contributed by atoms with Gasteiger partial charge in [0.1, 0.15) is 5.82 Å². The number of nitrogens with zero attached hydrogens (tertiary/aromatic N) is 3. The highest BCUT2D eigenvalue weighted by Gasteiger charge is 2.38. The molecule has 0 fully saturated rings. The highest BCUT2D eigenvalue weighted by molar-refractivity contribution is 6.30. The zero-order chi connectivity index (χ0) is 19.1. The van der Waals surface area contributed by atoms with Gasteiger partial charge in [-0.15, -0.1) is 0 Å². The average Bonchev–Trinajstić information content (AvgIpc) is 3.04. The van der Waals surface area contributed by atoms with Crippen molar-refractivity contribution in [1.82, 2.24) is 5.16 Å². The van der Waals surface area contributed by atoms with Crippen molar-refractivity contribution in [2.75, 3.05) is 4.90 Å². The molecular weight excluding hydrogens is 360 g/mol. The van der Waals surface area contributed by atoms with Crippen molar-refractivity contribution < 1.29 is 4.52 Å². The van der Waals surface area contributed by atoms with Gasteiger partial charge in [-0.25, -0.2) is 0 Å². The topological polar surface area (TPSA) is 79.1 Å². The van der Waals surface area contributed by atoms with Gasteiger partial charge in [0.05, 0.1) is 34.5 Å². The minimum atomic E-state index is -0.352. The quantitative estimate of drug-likeness (QED) is 0.686. The molecule has 6 heteroatoms. The molecule has 1 atom stereocenters. The molecular formula is C21H17ClN4O. The predicted molar refractivity (Wildman–Crippen MR) is 105 cm³/mol. The summed E-state index contributed by atoms with van der Waals surface area (Å²) in [6.45, 7) is 3.88. The molecule has 0 aliphatic carbocycles. The van der Waals surface area contributed by atoms with E-state index >= 15 is 0 Å². The number of nitriles is 1. The highest BCUT2D eigenvalue weighted by atomic mass is 35.5. The predicted octanol–water partition coefficient (Wildman–Crippen LogP) is 4.92. The largest absolute Gasteiger partial charge is 0.384 e. The van der Waals surface area contributed by atoms with Gasteiger partial charge in [0.15, 0.2) is 0 Å². The van der Waals surface area contributed by atoms with Crippen molar-refractivity contribution >= 4 is 23.2 Å². The first-order chi connectivity index (χ1) is 13.0. The lowest BCUT2D eigenvalue weighted by molar-refractivity contribution is 0.420. The molecule has 4 rings (SSSR count). The summed E-state index contributed by atoms with van der Waals surface area (Å²) in [5.41, 5.74) is 11.3. The van der Waals surface area contributed by atoms with Crippen LogP contribution in [0, 0.1) is 25.2 Å². The number of aryl methyl sites for hydroxylation is 2. The van der Waals surface area contributed by atoms with Crippen LogP contribution < -0.4 is 10.6 Å². The Balaban J connectivity index is 1.96. The fourth-order valence-electron chi connectivity index (χ4n) is 3.44. The molecule has 1 unspecified atom stereocenters. The van der Waals surface area contributed by atoms with Gasteiger partial charge in [0, 0.05) is 5.02 Å². The van der Waals surface area contributed by atoms with Crippen LogP contribution in [-0.2, 0) is 0 Å². The number of allylic oxidation sites excluding steroid dienone is 1. The van der Waals surface area contributed by atoms with Crippen LogP contribution in [-0.4, -0.2) is 5.16 Å². The standard InChI is InChI=1S/C21H17ClN4O/c1-12-3-9-16(10-4-12)26-20(24)17(11-23)19(14-5-7-15(22)8-6-14)18-13(2)25-27-21(18)26/h3-10,19H,24H2,1-2H3. The lowest BCUT2D eigenvalue weighted by Crippen LogP contribution is -2.31. The van der Waals surface area contributed by atoms with E-state index in [4.69, 9.17) is 21.9 Å². The first-order valence-electron chi connectivity index (χ1n) is 8.49. The van der Waals surface area contributed by atoms with Crippen LogP contribution in [0.2, 0.25) is 5.02 Å². The van der Waals surface area contributed by atoms with E-state index in [9.17, 15) is 5.26 Å². The summed E-state index contributed by atoms with van der Waals surface area (Å²) in [5, 5.41) is 14.7. The molecule has 1 aromatic heterocycles. The maximum Gasteiger partial charge on any atom is 0.241 e. The summed E-state index contributed by atoms with van der Waals surface area (Å²) in [7, 11) is 0. The molecule has 0 amide bonds. The number of benzene rings is 2. The van der Waals surface area contributed by atoms with Gasteiger partial charge in [-0.3, -0.25) is 4.90 Å². The number of anilines is 2. The maximum absolute atomic E-state index is 9.92. The summed E-state index contributed by atoms with van der Waals surface area (Å²) in [6, 6.07) is 17.6. The van der Waals surface area contributed by atoms with Crippen LogP contribution in [0.15, 0.2) is 64.4 Å². The number of fused-ring (bicyclic) bond motifs is 1. The molecule has 0 saturated carbocycles. The van der Waals surface area contributed by atoms with Crippen LogP contribution in [0.5, 0.6) is 0 Å². The van der Waals surface area contributed by atoms with Gasteiger partial charge >= 0.3 is 0 Å². The molecule has 1 aliphatic rings. The van der Waals surface area contributed by atoms with E-state index in [1.165, 1.54) is 0 Å². The van der Waals surface area contributed by atoms with Gasteiger partial charge in [-0.2, -0.15) is 5.26 Å². The normalized spacial score (nSPS) is 16.2. The molecule has 0 spiro atoms. The van der Waals surface area contributed by atoms with Crippen molar-refractivity contribution in [3.8, 4) is 6.07 Å². The average molecular weight is 377 g/mol. The zero-order valence-electron chi connectivity index (χ0n) is 14.9. The van der Waals surface area contributed by atoms with Gasteiger partial charge in [-0.05, 0) is 43.7 Å². The number of nitrogens with two attached hydrogens (primary N) is 1. The molecule has 0 radical (unpaired) electrons. The number of hydrogen-bond donors (Lipinski definition) is 1. The van der Waals surface area contributed by atoms with Crippen molar-refractivity contribution in [2.45, 2.75) is 19.8 Å².